The van der Waals surface area contributed by atoms with Gasteiger partial charge in [0, 0.05) is 7.11 Å². The second-order valence-electron chi connectivity index (χ2n) is 4.07. The lowest BCUT2D eigenvalue weighted by Gasteiger charge is -2.57. The molecule has 0 radical (unpaired) electrons. The first-order chi connectivity index (χ1) is 5.68. The summed E-state index contributed by atoms with van der Waals surface area (Å²) in [5, 5.41) is 8.70. The Bertz CT molecular complexity index is 204. The van der Waals surface area contributed by atoms with Gasteiger partial charge < -0.3 is 9.84 Å². The average Bonchev–Trinajstić information content (AvgIpc) is 1.81. The molecule has 0 aliphatic heterocycles. The Morgan fingerprint density at radius 1 is 1.58 bits per heavy atom. The molecule has 1 atom stereocenters. The van der Waals surface area contributed by atoms with Crippen molar-refractivity contribution in [3.05, 3.63) is 0 Å². The topological polar surface area (TPSA) is 46.5 Å². The lowest BCUT2D eigenvalue weighted by atomic mass is 9.50. The maximum absolute atomic E-state index is 10.6. The van der Waals surface area contributed by atoms with Crippen LogP contribution in [0.4, 0.5) is 0 Å². The summed E-state index contributed by atoms with van der Waals surface area (Å²) in [6.07, 6.45) is 4.29. The number of rotatable bonds is 2. The Labute approximate surface area is 71.7 Å². The van der Waals surface area contributed by atoms with E-state index in [1.165, 1.54) is 0 Å². The number of carboxylic acids is 1. The van der Waals surface area contributed by atoms with Crippen LogP contribution in [-0.2, 0) is 9.53 Å². The van der Waals surface area contributed by atoms with E-state index < -0.39 is 5.97 Å². The van der Waals surface area contributed by atoms with Crippen LogP contribution in [-0.4, -0.2) is 24.3 Å². The number of carboxylic acid groups (broad SMARTS) is 1. The molecule has 2 saturated carbocycles. The fourth-order valence-electron chi connectivity index (χ4n) is 2.60. The molecule has 0 heterocycles. The van der Waals surface area contributed by atoms with E-state index >= 15 is 0 Å². The van der Waals surface area contributed by atoms with Crippen LogP contribution in [0.15, 0.2) is 0 Å². The molecule has 0 bridgehead atoms. The van der Waals surface area contributed by atoms with E-state index in [1.54, 1.807) is 7.11 Å². The zero-order valence-electron chi connectivity index (χ0n) is 7.25. The van der Waals surface area contributed by atoms with Crippen molar-refractivity contribution in [2.45, 2.75) is 31.8 Å². The molecule has 2 aliphatic rings. The molecule has 68 valence electrons. The summed E-state index contributed by atoms with van der Waals surface area (Å²) >= 11 is 0. The molecule has 12 heavy (non-hydrogen) atoms. The third-order valence-corrected chi connectivity index (χ3v) is 3.53. The van der Waals surface area contributed by atoms with Gasteiger partial charge in [0.25, 0.3) is 0 Å². The molecule has 1 unspecified atom stereocenters. The van der Waals surface area contributed by atoms with Crippen LogP contribution in [0.5, 0.6) is 0 Å². The Kier molecular flexibility index (Phi) is 1.65. The molecular formula is C9H14O3. The monoisotopic (exact) mass is 170 g/mol. The smallest absolute Gasteiger partial charge is 0.306 e. The number of aliphatic carboxylic acids is 1. The molecule has 0 aromatic heterocycles. The number of hydrogen-bond acceptors (Lipinski definition) is 2. The van der Waals surface area contributed by atoms with Crippen LogP contribution < -0.4 is 0 Å². The van der Waals surface area contributed by atoms with E-state index in [0.29, 0.717) is 6.10 Å². The highest BCUT2D eigenvalue weighted by molar-refractivity contribution is 5.71. The fourth-order valence-corrected chi connectivity index (χ4v) is 2.60. The molecule has 2 aliphatic carbocycles. The predicted molar refractivity (Wildman–Crippen MR) is 42.8 cm³/mol. The van der Waals surface area contributed by atoms with Crippen LogP contribution in [0.1, 0.15) is 25.7 Å². The van der Waals surface area contributed by atoms with Crippen LogP contribution >= 0.6 is 0 Å². The Morgan fingerprint density at radius 2 is 2.25 bits per heavy atom. The number of methoxy groups -OCH3 is 1. The van der Waals surface area contributed by atoms with Gasteiger partial charge in [-0.25, -0.2) is 0 Å². The summed E-state index contributed by atoms with van der Waals surface area (Å²) in [5.74, 6) is -0.731. The van der Waals surface area contributed by atoms with Crippen molar-refractivity contribution >= 4 is 5.97 Å². The molecule has 0 saturated heterocycles. The second-order valence-corrected chi connectivity index (χ2v) is 4.07. The van der Waals surface area contributed by atoms with Gasteiger partial charge in [0.15, 0.2) is 0 Å². The molecular weight excluding hydrogens is 156 g/mol. The molecule has 3 heteroatoms. The van der Waals surface area contributed by atoms with E-state index in [9.17, 15) is 4.79 Å². The highest BCUT2D eigenvalue weighted by Crippen LogP contribution is 2.59. The van der Waals surface area contributed by atoms with Crippen LogP contribution in [0.25, 0.3) is 0 Å². The van der Waals surface area contributed by atoms with Crippen molar-refractivity contribution in [3.63, 3.8) is 0 Å². The molecule has 0 aromatic rings. The van der Waals surface area contributed by atoms with E-state index in [0.717, 1.165) is 25.7 Å². The van der Waals surface area contributed by atoms with Gasteiger partial charge in [0.05, 0.1) is 12.0 Å². The number of carbonyl (C=O) groups is 1. The van der Waals surface area contributed by atoms with Crippen molar-refractivity contribution in [2.24, 2.45) is 11.3 Å². The molecule has 0 aromatic carbocycles. The maximum atomic E-state index is 10.6. The number of hydrogen-bond donors (Lipinski definition) is 1. The van der Waals surface area contributed by atoms with E-state index in [2.05, 4.69) is 0 Å². The molecule has 3 nitrogen and oxygen atoms in total. The first kappa shape index (κ1) is 8.05. The van der Waals surface area contributed by atoms with Gasteiger partial charge in [-0.05, 0) is 31.1 Å². The standard InChI is InChI=1S/C9H14O3/c1-12-7-2-3-9(7)4-6(5-9)8(10)11/h6-7H,2-5H2,1H3,(H,10,11). The van der Waals surface area contributed by atoms with Crippen molar-refractivity contribution in [1.82, 2.24) is 0 Å². The van der Waals surface area contributed by atoms with Crippen molar-refractivity contribution in [3.8, 4) is 0 Å². The van der Waals surface area contributed by atoms with Crippen molar-refractivity contribution < 1.29 is 14.6 Å². The van der Waals surface area contributed by atoms with Gasteiger partial charge in [-0.2, -0.15) is 0 Å². The Hall–Kier alpha value is -0.570. The van der Waals surface area contributed by atoms with Gasteiger partial charge in [0.2, 0.25) is 0 Å². The third kappa shape index (κ3) is 0.891. The summed E-state index contributed by atoms with van der Waals surface area (Å²) in [5.41, 5.74) is 0.262. The summed E-state index contributed by atoms with van der Waals surface area (Å²) in [6, 6.07) is 0. The zero-order valence-corrected chi connectivity index (χ0v) is 7.25. The van der Waals surface area contributed by atoms with Crippen molar-refractivity contribution in [1.29, 1.82) is 0 Å². The van der Waals surface area contributed by atoms with E-state index in [4.69, 9.17) is 9.84 Å². The number of ether oxygens (including phenoxy) is 1. The van der Waals surface area contributed by atoms with Crippen LogP contribution in [0, 0.1) is 11.3 Å². The minimum absolute atomic E-state index is 0.0945. The normalized spacial score (nSPS) is 45.1. The molecule has 0 amide bonds. The largest absolute Gasteiger partial charge is 0.481 e. The van der Waals surface area contributed by atoms with Crippen LogP contribution in [0.2, 0.25) is 0 Å². The quantitative estimate of drug-likeness (QED) is 0.679. The molecule has 2 rings (SSSR count). The molecule has 2 fully saturated rings. The highest BCUT2D eigenvalue weighted by atomic mass is 16.5. The molecule has 1 N–H and O–H groups in total. The van der Waals surface area contributed by atoms with Gasteiger partial charge in [-0.15, -0.1) is 0 Å². The Morgan fingerprint density at radius 3 is 2.58 bits per heavy atom. The minimum Gasteiger partial charge on any atom is -0.481 e. The summed E-state index contributed by atoms with van der Waals surface area (Å²) < 4.78 is 5.28. The summed E-state index contributed by atoms with van der Waals surface area (Å²) in [6.45, 7) is 0. The second kappa shape index (κ2) is 2.46. The first-order valence-electron chi connectivity index (χ1n) is 4.43. The lowest BCUT2D eigenvalue weighted by Crippen LogP contribution is -2.56. The van der Waals surface area contributed by atoms with Crippen molar-refractivity contribution in [2.75, 3.05) is 7.11 Å². The van der Waals surface area contributed by atoms with E-state index in [1.807, 2.05) is 0 Å². The van der Waals surface area contributed by atoms with Gasteiger partial charge >= 0.3 is 5.97 Å². The summed E-state index contributed by atoms with van der Waals surface area (Å²) in [7, 11) is 1.72. The fraction of sp³-hybridized carbons (Fsp3) is 0.889. The summed E-state index contributed by atoms with van der Waals surface area (Å²) in [4.78, 5) is 10.6. The SMILES string of the molecule is COC1CCC12CC(C(=O)O)C2. The minimum atomic E-state index is -0.637. The predicted octanol–water partition coefficient (Wildman–Crippen LogP) is 1.28. The Balaban J connectivity index is 1.90. The first-order valence-corrected chi connectivity index (χ1v) is 4.43. The lowest BCUT2D eigenvalue weighted by molar-refractivity contribution is -0.180. The van der Waals surface area contributed by atoms with Gasteiger partial charge in [-0.1, -0.05) is 0 Å². The van der Waals surface area contributed by atoms with E-state index in [-0.39, 0.29) is 11.3 Å². The van der Waals surface area contributed by atoms with Crippen LogP contribution in [0.3, 0.4) is 0 Å². The highest BCUT2D eigenvalue weighted by Gasteiger charge is 2.57. The third-order valence-electron chi connectivity index (χ3n) is 3.53. The van der Waals surface area contributed by atoms with Gasteiger partial charge in [-0.3, -0.25) is 4.79 Å². The zero-order chi connectivity index (χ0) is 8.77. The van der Waals surface area contributed by atoms with Gasteiger partial charge in [0.1, 0.15) is 0 Å². The molecule has 1 spiro atoms. The maximum Gasteiger partial charge on any atom is 0.306 e. The average molecular weight is 170 g/mol.